The van der Waals surface area contributed by atoms with Gasteiger partial charge in [-0.05, 0) is 31.2 Å². The molecule has 0 saturated heterocycles. The molecule has 0 aliphatic heterocycles. The van der Waals surface area contributed by atoms with Crippen molar-refractivity contribution in [1.29, 1.82) is 0 Å². The van der Waals surface area contributed by atoms with Crippen LogP contribution < -0.4 is 4.74 Å². The van der Waals surface area contributed by atoms with E-state index < -0.39 is 17.6 Å². The Morgan fingerprint density at radius 2 is 2.00 bits per heavy atom. The van der Waals surface area contributed by atoms with E-state index in [4.69, 9.17) is 9.47 Å². The van der Waals surface area contributed by atoms with Gasteiger partial charge in [0.2, 0.25) is 0 Å². The SMILES string of the molecule is CCOC/C=C(\C(=O)OC)C(=O)c1ccc(OC)c(F)c1. The van der Waals surface area contributed by atoms with Gasteiger partial charge in [0.05, 0.1) is 20.8 Å². The average molecular weight is 296 g/mol. The fourth-order valence-corrected chi connectivity index (χ4v) is 1.60. The smallest absolute Gasteiger partial charge is 0.341 e. The Kier molecular flexibility index (Phi) is 6.55. The molecule has 114 valence electrons. The highest BCUT2D eigenvalue weighted by molar-refractivity contribution is 6.24. The third-order valence-electron chi connectivity index (χ3n) is 2.67. The predicted molar refractivity (Wildman–Crippen MR) is 73.9 cm³/mol. The summed E-state index contributed by atoms with van der Waals surface area (Å²) in [4.78, 5) is 23.9. The molecule has 0 bridgehead atoms. The fraction of sp³-hybridized carbons (Fsp3) is 0.333. The van der Waals surface area contributed by atoms with Crippen LogP contribution in [0, 0.1) is 5.82 Å². The molecule has 0 N–H and O–H groups in total. The molecule has 0 radical (unpaired) electrons. The van der Waals surface area contributed by atoms with Gasteiger partial charge in [0.15, 0.2) is 17.3 Å². The normalized spacial score (nSPS) is 11.1. The summed E-state index contributed by atoms with van der Waals surface area (Å²) in [7, 11) is 2.49. The third kappa shape index (κ3) is 4.39. The topological polar surface area (TPSA) is 61.8 Å². The van der Waals surface area contributed by atoms with E-state index in [0.717, 1.165) is 6.07 Å². The largest absolute Gasteiger partial charge is 0.494 e. The molecule has 1 aromatic rings. The minimum atomic E-state index is -0.795. The number of carbonyl (C=O) groups is 2. The summed E-state index contributed by atoms with van der Waals surface area (Å²) in [6.45, 7) is 2.31. The Morgan fingerprint density at radius 1 is 1.29 bits per heavy atom. The molecule has 0 fully saturated rings. The molecule has 0 heterocycles. The minimum absolute atomic E-state index is 0.0180. The molecule has 6 heteroatoms. The molecule has 1 aromatic carbocycles. The van der Waals surface area contributed by atoms with Gasteiger partial charge in [-0.3, -0.25) is 4.79 Å². The van der Waals surface area contributed by atoms with Crippen LogP contribution in [0.3, 0.4) is 0 Å². The maximum Gasteiger partial charge on any atom is 0.341 e. The summed E-state index contributed by atoms with van der Waals surface area (Å²) in [6.07, 6.45) is 1.32. The van der Waals surface area contributed by atoms with E-state index in [0.29, 0.717) is 6.61 Å². The summed E-state index contributed by atoms with van der Waals surface area (Å²) in [5, 5.41) is 0. The number of Topliss-reactive ketones (excluding diaryl/α,β-unsaturated/α-hetero) is 1. The molecule has 0 amide bonds. The number of benzene rings is 1. The van der Waals surface area contributed by atoms with Crippen molar-refractivity contribution in [2.75, 3.05) is 27.4 Å². The molecular weight excluding hydrogens is 279 g/mol. The molecule has 0 aliphatic rings. The van der Waals surface area contributed by atoms with Gasteiger partial charge in [-0.15, -0.1) is 0 Å². The predicted octanol–water partition coefficient (Wildman–Crippen LogP) is 2.15. The Labute approximate surface area is 122 Å². The number of methoxy groups -OCH3 is 2. The van der Waals surface area contributed by atoms with Gasteiger partial charge in [0, 0.05) is 12.2 Å². The molecule has 0 saturated carbocycles. The molecule has 0 spiro atoms. The van der Waals surface area contributed by atoms with Crippen molar-refractivity contribution >= 4 is 11.8 Å². The lowest BCUT2D eigenvalue weighted by molar-refractivity contribution is -0.135. The highest BCUT2D eigenvalue weighted by atomic mass is 19.1. The number of hydrogen-bond acceptors (Lipinski definition) is 5. The summed E-state index contributed by atoms with van der Waals surface area (Å²) in [6, 6.07) is 3.71. The fourth-order valence-electron chi connectivity index (χ4n) is 1.60. The first kappa shape index (κ1) is 16.8. The maximum absolute atomic E-state index is 13.6. The van der Waals surface area contributed by atoms with Gasteiger partial charge in [0.1, 0.15) is 5.57 Å². The number of ketones is 1. The van der Waals surface area contributed by atoms with Gasteiger partial charge < -0.3 is 14.2 Å². The van der Waals surface area contributed by atoms with Crippen LogP contribution in [0.5, 0.6) is 5.75 Å². The second kappa shape index (κ2) is 8.16. The van der Waals surface area contributed by atoms with Crippen molar-refractivity contribution in [2.24, 2.45) is 0 Å². The first-order valence-electron chi connectivity index (χ1n) is 6.29. The molecule has 5 nitrogen and oxygen atoms in total. The van der Waals surface area contributed by atoms with Crippen LogP contribution in [0.4, 0.5) is 4.39 Å². The highest BCUT2D eigenvalue weighted by Crippen LogP contribution is 2.20. The van der Waals surface area contributed by atoms with E-state index in [1.807, 2.05) is 0 Å². The number of rotatable bonds is 7. The van der Waals surface area contributed by atoms with Gasteiger partial charge >= 0.3 is 5.97 Å². The van der Waals surface area contributed by atoms with E-state index in [1.165, 1.54) is 32.4 Å². The maximum atomic E-state index is 13.6. The Balaban J connectivity index is 3.07. The van der Waals surface area contributed by atoms with E-state index in [-0.39, 0.29) is 23.5 Å². The average Bonchev–Trinajstić information content (AvgIpc) is 2.50. The zero-order chi connectivity index (χ0) is 15.8. The summed E-state index contributed by atoms with van der Waals surface area (Å²) in [5.41, 5.74) is -0.169. The lowest BCUT2D eigenvalue weighted by Crippen LogP contribution is -2.16. The zero-order valence-electron chi connectivity index (χ0n) is 12.1. The molecule has 0 aromatic heterocycles. The number of hydrogen-bond donors (Lipinski definition) is 0. The monoisotopic (exact) mass is 296 g/mol. The van der Waals surface area contributed by atoms with Crippen molar-refractivity contribution in [3.63, 3.8) is 0 Å². The van der Waals surface area contributed by atoms with Crippen LogP contribution in [-0.4, -0.2) is 39.2 Å². The van der Waals surface area contributed by atoms with Crippen molar-refractivity contribution in [1.82, 2.24) is 0 Å². The quantitative estimate of drug-likeness (QED) is 0.193. The molecule has 21 heavy (non-hydrogen) atoms. The van der Waals surface area contributed by atoms with Crippen molar-refractivity contribution in [2.45, 2.75) is 6.92 Å². The third-order valence-corrected chi connectivity index (χ3v) is 2.67. The van der Waals surface area contributed by atoms with Gasteiger partial charge in [-0.2, -0.15) is 0 Å². The lowest BCUT2D eigenvalue weighted by Gasteiger charge is -2.07. The Bertz CT molecular complexity index is 551. The van der Waals surface area contributed by atoms with Crippen molar-refractivity contribution in [3.8, 4) is 5.75 Å². The first-order chi connectivity index (χ1) is 10.0. The Morgan fingerprint density at radius 3 is 2.52 bits per heavy atom. The van der Waals surface area contributed by atoms with Gasteiger partial charge in [-0.25, -0.2) is 9.18 Å². The van der Waals surface area contributed by atoms with Crippen molar-refractivity contribution in [3.05, 3.63) is 41.2 Å². The second-order valence-corrected chi connectivity index (χ2v) is 3.95. The second-order valence-electron chi connectivity index (χ2n) is 3.95. The van der Waals surface area contributed by atoms with Crippen LogP contribution >= 0.6 is 0 Å². The molecule has 0 atom stereocenters. The minimum Gasteiger partial charge on any atom is -0.494 e. The first-order valence-corrected chi connectivity index (χ1v) is 6.29. The number of esters is 1. The van der Waals surface area contributed by atoms with Crippen molar-refractivity contribution < 1.29 is 28.2 Å². The summed E-state index contributed by atoms with van der Waals surface area (Å²) >= 11 is 0. The molecular formula is C15H17FO5. The molecule has 1 rings (SSSR count). The Hall–Kier alpha value is -2.21. The number of halogens is 1. The molecule has 0 aliphatic carbocycles. The highest BCUT2D eigenvalue weighted by Gasteiger charge is 2.21. The van der Waals surface area contributed by atoms with Crippen LogP contribution in [0.25, 0.3) is 0 Å². The lowest BCUT2D eigenvalue weighted by atomic mass is 10.0. The summed E-state index contributed by atoms with van der Waals surface area (Å²) < 4.78 is 28.0. The van der Waals surface area contributed by atoms with E-state index in [9.17, 15) is 14.0 Å². The van der Waals surface area contributed by atoms with Crippen LogP contribution in [-0.2, 0) is 14.3 Å². The standard InChI is InChI=1S/C15H17FO5/c1-4-21-8-7-11(15(18)20-3)14(17)10-5-6-13(19-2)12(16)9-10/h5-7,9H,4,8H2,1-3H3/b11-7-. The number of ether oxygens (including phenoxy) is 3. The van der Waals surface area contributed by atoms with Gasteiger partial charge in [-0.1, -0.05) is 0 Å². The van der Waals surface area contributed by atoms with Crippen LogP contribution in [0.15, 0.2) is 29.8 Å². The van der Waals surface area contributed by atoms with E-state index in [2.05, 4.69) is 4.74 Å². The van der Waals surface area contributed by atoms with Gasteiger partial charge in [0.25, 0.3) is 0 Å². The van der Waals surface area contributed by atoms with Crippen LogP contribution in [0.1, 0.15) is 17.3 Å². The summed E-state index contributed by atoms with van der Waals surface area (Å²) in [5.74, 6) is -2.10. The zero-order valence-corrected chi connectivity index (χ0v) is 12.1. The number of carbonyl (C=O) groups excluding carboxylic acids is 2. The van der Waals surface area contributed by atoms with Crippen LogP contribution in [0.2, 0.25) is 0 Å². The van der Waals surface area contributed by atoms with E-state index in [1.54, 1.807) is 6.92 Å². The molecule has 0 unspecified atom stereocenters. The van der Waals surface area contributed by atoms with E-state index >= 15 is 0 Å².